The summed E-state index contributed by atoms with van der Waals surface area (Å²) in [6.07, 6.45) is 2.25. The second-order valence-corrected chi connectivity index (χ2v) is 6.02. The second kappa shape index (κ2) is 12.4. The number of hydrogen-bond acceptors (Lipinski definition) is 6. The van der Waals surface area contributed by atoms with Gasteiger partial charge in [0.25, 0.3) is 0 Å². The van der Waals surface area contributed by atoms with Gasteiger partial charge in [-0.15, -0.1) is 6.58 Å². The molecule has 0 unspecified atom stereocenters. The first-order valence-electron chi connectivity index (χ1n) is 7.23. The van der Waals surface area contributed by atoms with E-state index < -0.39 is 42.4 Å². The SMILES string of the molecule is C=CCCSC[C@H](NC(=O)CC[C@H](N)C(=O)O)C(=O)NCC(=O)O. The number of rotatable bonds is 13. The molecular formula is C14H23N3O6S. The molecule has 0 saturated carbocycles. The van der Waals surface area contributed by atoms with Gasteiger partial charge in [0.1, 0.15) is 18.6 Å². The molecule has 0 aliphatic heterocycles. The topological polar surface area (TPSA) is 159 Å². The molecule has 2 amide bonds. The van der Waals surface area contributed by atoms with Crippen molar-refractivity contribution in [3.8, 4) is 0 Å². The Labute approximate surface area is 144 Å². The lowest BCUT2D eigenvalue weighted by molar-refractivity contribution is -0.139. The fraction of sp³-hybridized carbons (Fsp3) is 0.571. The maximum Gasteiger partial charge on any atom is 0.322 e. The third-order valence-corrected chi connectivity index (χ3v) is 3.91. The van der Waals surface area contributed by atoms with Gasteiger partial charge in [0.2, 0.25) is 11.8 Å². The number of hydrogen-bond donors (Lipinski definition) is 5. The zero-order chi connectivity index (χ0) is 18.5. The lowest BCUT2D eigenvalue weighted by atomic mass is 10.1. The van der Waals surface area contributed by atoms with E-state index in [1.165, 1.54) is 11.8 Å². The molecule has 136 valence electrons. The van der Waals surface area contributed by atoms with Crippen molar-refractivity contribution in [2.45, 2.75) is 31.3 Å². The van der Waals surface area contributed by atoms with E-state index in [0.717, 1.165) is 6.42 Å². The number of thioether (sulfide) groups is 1. The smallest absolute Gasteiger partial charge is 0.322 e. The molecule has 0 bridgehead atoms. The Morgan fingerprint density at radius 1 is 1.25 bits per heavy atom. The summed E-state index contributed by atoms with van der Waals surface area (Å²) in [6, 6.07) is -2.07. The average molecular weight is 361 g/mol. The third-order valence-electron chi connectivity index (χ3n) is 2.82. The van der Waals surface area contributed by atoms with Crippen LogP contribution in [0.1, 0.15) is 19.3 Å². The molecule has 0 saturated heterocycles. The van der Waals surface area contributed by atoms with Crippen molar-refractivity contribution < 1.29 is 29.4 Å². The molecule has 2 atom stereocenters. The number of carboxylic acid groups (broad SMARTS) is 2. The summed E-state index contributed by atoms with van der Waals surface area (Å²) < 4.78 is 0. The Morgan fingerprint density at radius 3 is 2.46 bits per heavy atom. The monoisotopic (exact) mass is 361 g/mol. The highest BCUT2D eigenvalue weighted by atomic mass is 32.2. The Hall–Kier alpha value is -2.07. The highest BCUT2D eigenvalue weighted by molar-refractivity contribution is 7.99. The summed E-state index contributed by atoms with van der Waals surface area (Å²) in [5.74, 6) is -2.58. The molecule has 0 rings (SSSR count). The minimum Gasteiger partial charge on any atom is -0.480 e. The summed E-state index contributed by atoms with van der Waals surface area (Å²) in [4.78, 5) is 44.9. The number of allylic oxidation sites excluding steroid dienone is 1. The molecule has 0 radical (unpaired) electrons. The van der Waals surface area contributed by atoms with Crippen molar-refractivity contribution in [2.75, 3.05) is 18.1 Å². The predicted octanol–water partition coefficient (Wildman–Crippen LogP) is -0.827. The minimum absolute atomic E-state index is 0.0613. The molecule has 0 fully saturated rings. The van der Waals surface area contributed by atoms with E-state index in [1.54, 1.807) is 6.08 Å². The van der Waals surface area contributed by atoms with Crippen LogP contribution in [0.25, 0.3) is 0 Å². The lowest BCUT2D eigenvalue weighted by Crippen LogP contribution is -2.49. The summed E-state index contributed by atoms with van der Waals surface area (Å²) in [7, 11) is 0. The van der Waals surface area contributed by atoms with Gasteiger partial charge >= 0.3 is 11.9 Å². The summed E-state index contributed by atoms with van der Waals surface area (Å²) >= 11 is 1.41. The van der Waals surface area contributed by atoms with Crippen molar-refractivity contribution in [3.63, 3.8) is 0 Å². The Morgan fingerprint density at radius 2 is 1.92 bits per heavy atom. The summed E-state index contributed by atoms with van der Waals surface area (Å²) in [5, 5.41) is 21.9. The second-order valence-electron chi connectivity index (χ2n) is 4.87. The number of carbonyl (C=O) groups excluding carboxylic acids is 2. The molecule has 9 nitrogen and oxygen atoms in total. The number of nitrogens with two attached hydrogens (primary N) is 1. The third kappa shape index (κ3) is 10.6. The van der Waals surface area contributed by atoms with Crippen LogP contribution < -0.4 is 16.4 Å². The van der Waals surface area contributed by atoms with Gasteiger partial charge < -0.3 is 26.6 Å². The highest BCUT2D eigenvalue weighted by Crippen LogP contribution is 2.06. The van der Waals surface area contributed by atoms with Gasteiger partial charge in [0.05, 0.1) is 0 Å². The number of carbonyl (C=O) groups is 4. The number of carboxylic acids is 2. The largest absolute Gasteiger partial charge is 0.480 e. The van der Waals surface area contributed by atoms with Gasteiger partial charge in [-0.2, -0.15) is 11.8 Å². The van der Waals surface area contributed by atoms with E-state index in [1.807, 2.05) is 0 Å². The molecule has 0 aliphatic rings. The zero-order valence-corrected chi connectivity index (χ0v) is 14.0. The van der Waals surface area contributed by atoms with Gasteiger partial charge in [0.15, 0.2) is 0 Å². The molecule has 0 heterocycles. The molecule has 0 aromatic carbocycles. The first kappa shape index (κ1) is 21.9. The van der Waals surface area contributed by atoms with Crippen molar-refractivity contribution in [1.29, 1.82) is 0 Å². The van der Waals surface area contributed by atoms with Crippen LogP contribution in [0.5, 0.6) is 0 Å². The summed E-state index contributed by atoms with van der Waals surface area (Å²) in [5.41, 5.74) is 5.31. The maximum atomic E-state index is 12.0. The normalized spacial score (nSPS) is 12.7. The number of amides is 2. The van der Waals surface area contributed by atoms with Gasteiger partial charge in [-0.1, -0.05) is 6.08 Å². The van der Waals surface area contributed by atoms with Crippen molar-refractivity contribution >= 4 is 35.5 Å². The molecule has 0 aromatic rings. The zero-order valence-electron chi connectivity index (χ0n) is 13.2. The molecule has 0 spiro atoms. The fourth-order valence-corrected chi connectivity index (χ4v) is 2.48. The Kier molecular flexibility index (Phi) is 11.3. The van der Waals surface area contributed by atoms with Crippen LogP contribution in [0.2, 0.25) is 0 Å². The molecular weight excluding hydrogens is 338 g/mol. The van der Waals surface area contributed by atoms with Crippen LogP contribution in [0, 0.1) is 0 Å². The van der Waals surface area contributed by atoms with Gasteiger partial charge in [-0.05, 0) is 18.6 Å². The minimum atomic E-state index is -1.21. The van der Waals surface area contributed by atoms with Crippen LogP contribution >= 0.6 is 11.8 Å². The molecule has 24 heavy (non-hydrogen) atoms. The van der Waals surface area contributed by atoms with Crippen LogP contribution in [0.3, 0.4) is 0 Å². The highest BCUT2D eigenvalue weighted by Gasteiger charge is 2.22. The maximum absolute atomic E-state index is 12.0. The fourth-order valence-electron chi connectivity index (χ4n) is 1.51. The first-order chi connectivity index (χ1) is 11.3. The van der Waals surface area contributed by atoms with Crippen molar-refractivity contribution in [2.24, 2.45) is 5.73 Å². The molecule has 0 aliphatic carbocycles. The van der Waals surface area contributed by atoms with E-state index in [4.69, 9.17) is 15.9 Å². The quantitative estimate of drug-likeness (QED) is 0.210. The molecule has 0 aromatic heterocycles. The van der Waals surface area contributed by atoms with Crippen molar-refractivity contribution in [1.82, 2.24) is 10.6 Å². The van der Waals surface area contributed by atoms with E-state index >= 15 is 0 Å². The van der Waals surface area contributed by atoms with E-state index in [-0.39, 0.29) is 18.6 Å². The Balaban J connectivity index is 4.51. The number of aliphatic carboxylic acids is 2. The molecule has 10 heteroatoms. The van der Waals surface area contributed by atoms with Crippen LogP contribution in [-0.4, -0.2) is 64.1 Å². The van der Waals surface area contributed by atoms with Gasteiger partial charge in [0, 0.05) is 12.2 Å². The van der Waals surface area contributed by atoms with Crippen LogP contribution in [-0.2, 0) is 19.2 Å². The molecule has 6 N–H and O–H groups in total. The van der Waals surface area contributed by atoms with Crippen LogP contribution in [0.4, 0.5) is 0 Å². The van der Waals surface area contributed by atoms with Crippen LogP contribution in [0.15, 0.2) is 12.7 Å². The standard InChI is InChI=1S/C14H23N3O6S/c1-2-3-6-24-8-10(13(21)16-7-12(19)20)17-11(18)5-4-9(15)14(22)23/h2,9-10H,1,3-8,15H2,(H,16,21)(H,17,18)(H,19,20)(H,22,23)/t9-,10-/m0/s1. The Bertz CT molecular complexity index is 471. The number of nitrogens with one attached hydrogen (secondary N) is 2. The van der Waals surface area contributed by atoms with E-state index in [2.05, 4.69) is 17.2 Å². The van der Waals surface area contributed by atoms with Gasteiger partial charge in [-0.3, -0.25) is 19.2 Å². The van der Waals surface area contributed by atoms with Crippen molar-refractivity contribution in [3.05, 3.63) is 12.7 Å². The van der Waals surface area contributed by atoms with Gasteiger partial charge in [-0.25, -0.2) is 0 Å². The summed E-state index contributed by atoms with van der Waals surface area (Å²) in [6.45, 7) is 3.03. The van der Waals surface area contributed by atoms with E-state index in [0.29, 0.717) is 5.75 Å². The lowest BCUT2D eigenvalue weighted by Gasteiger charge is -2.18. The van der Waals surface area contributed by atoms with E-state index in [9.17, 15) is 19.2 Å². The first-order valence-corrected chi connectivity index (χ1v) is 8.39. The average Bonchev–Trinajstić information content (AvgIpc) is 2.52. The predicted molar refractivity (Wildman–Crippen MR) is 89.6 cm³/mol.